The fourth-order valence-corrected chi connectivity index (χ4v) is 1.43. The molecule has 1 aliphatic rings. The van der Waals surface area contributed by atoms with Gasteiger partial charge in [-0.25, -0.2) is 0 Å². The summed E-state index contributed by atoms with van der Waals surface area (Å²) in [6.07, 6.45) is 1.28. The first-order valence-electron chi connectivity index (χ1n) is 4.77. The van der Waals surface area contributed by atoms with Crippen LogP contribution in [0.25, 0.3) is 0 Å². The molecule has 88 valence electrons. The minimum absolute atomic E-state index is 0.175. The molecule has 1 amide bonds. The van der Waals surface area contributed by atoms with Gasteiger partial charge in [0.2, 0.25) is 5.91 Å². The van der Waals surface area contributed by atoms with Crippen LogP contribution in [-0.2, 0) is 9.59 Å². The lowest BCUT2D eigenvalue weighted by Gasteiger charge is -2.28. The van der Waals surface area contributed by atoms with E-state index in [0.717, 1.165) is 6.92 Å². The number of carboxylic acid groups (broad SMARTS) is 1. The van der Waals surface area contributed by atoms with E-state index in [1.54, 1.807) is 0 Å². The number of amides is 1. The van der Waals surface area contributed by atoms with E-state index in [0.29, 0.717) is 19.3 Å². The molecule has 0 unspecified atom stereocenters. The summed E-state index contributed by atoms with van der Waals surface area (Å²) >= 11 is 0. The Balaban J connectivity index is 0.000000423. The van der Waals surface area contributed by atoms with Crippen LogP contribution in [0.15, 0.2) is 0 Å². The zero-order valence-electron chi connectivity index (χ0n) is 8.72. The van der Waals surface area contributed by atoms with Crippen molar-refractivity contribution in [2.75, 3.05) is 0 Å². The van der Waals surface area contributed by atoms with Crippen molar-refractivity contribution in [3.63, 3.8) is 0 Å². The molecule has 0 heterocycles. The van der Waals surface area contributed by atoms with Gasteiger partial charge >= 0.3 is 0 Å². The molecule has 1 aliphatic carbocycles. The number of aliphatic hydroxyl groups excluding tert-OH is 1. The lowest BCUT2D eigenvalue weighted by atomic mass is 9.84. The summed E-state index contributed by atoms with van der Waals surface area (Å²) in [6, 6.07) is -0.175. The predicted octanol–water partition coefficient (Wildman–Crippen LogP) is -0.949. The molecule has 0 saturated heterocycles. The molecular formula is C9H18N2O4. The summed E-state index contributed by atoms with van der Waals surface area (Å²) in [5.74, 6) is -1.33. The Bertz CT molecular complexity index is 228. The number of aliphatic carboxylic acids is 1. The highest BCUT2D eigenvalue weighted by molar-refractivity contribution is 5.76. The highest BCUT2D eigenvalue weighted by Gasteiger charge is 2.29. The van der Waals surface area contributed by atoms with Gasteiger partial charge in [0.1, 0.15) is 0 Å². The van der Waals surface area contributed by atoms with E-state index in [1.807, 2.05) is 0 Å². The number of aliphatic hydroxyl groups is 1. The lowest BCUT2D eigenvalue weighted by molar-refractivity contribution is -0.134. The van der Waals surface area contributed by atoms with E-state index in [9.17, 15) is 9.90 Å². The Morgan fingerprint density at radius 3 is 2.13 bits per heavy atom. The van der Waals surface area contributed by atoms with Crippen LogP contribution in [0.4, 0.5) is 0 Å². The summed E-state index contributed by atoms with van der Waals surface area (Å²) in [4.78, 5) is 19.7. The highest BCUT2D eigenvalue weighted by atomic mass is 16.4. The summed E-state index contributed by atoms with van der Waals surface area (Å²) in [7, 11) is 0. The van der Waals surface area contributed by atoms with Gasteiger partial charge in [0, 0.05) is 18.9 Å². The Kier molecular flexibility index (Phi) is 5.88. The molecule has 1 saturated carbocycles. The molecule has 6 N–H and O–H groups in total. The Hall–Kier alpha value is -1.14. The standard InChI is InChI=1S/C7H14N2O2.C2H4O2/c8-5-2-1-4(7(9)11)3-6(5)10;1-2(3)4/h4-6,10H,1-3,8H2,(H2,9,11);1H3,(H,3,4)/t4-,5-,6-;/m1./s1. The van der Waals surface area contributed by atoms with Gasteiger partial charge in [-0.15, -0.1) is 0 Å². The Morgan fingerprint density at radius 1 is 1.33 bits per heavy atom. The second-order valence-corrected chi connectivity index (χ2v) is 3.66. The summed E-state index contributed by atoms with van der Waals surface area (Å²) < 4.78 is 0. The topological polar surface area (TPSA) is 127 Å². The number of carbonyl (C=O) groups excluding carboxylic acids is 1. The molecule has 6 heteroatoms. The van der Waals surface area contributed by atoms with Crippen LogP contribution in [0.2, 0.25) is 0 Å². The SMILES string of the molecule is CC(=O)O.NC(=O)[C@@H]1CC[C@@H](N)[C@H](O)C1. The van der Waals surface area contributed by atoms with Crippen LogP contribution < -0.4 is 11.5 Å². The van der Waals surface area contributed by atoms with Crippen LogP contribution in [0, 0.1) is 5.92 Å². The van der Waals surface area contributed by atoms with Crippen molar-refractivity contribution in [1.29, 1.82) is 0 Å². The van der Waals surface area contributed by atoms with E-state index in [-0.39, 0.29) is 17.9 Å². The van der Waals surface area contributed by atoms with E-state index >= 15 is 0 Å². The zero-order valence-corrected chi connectivity index (χ0v) is 8.72. The molecule has 15 heavy (non-hydrogen) atoms. The Labute approximate surface area is 88.3 Å². The molecule has 0 aromatic heterocycles. The van der Waals surface area contributed by atoms with Crippen molar-refractivity contribution >= 4 is 11.9 Å². The second-order valence-electron chi connectivity index (χ2n) is 3.66. The van der Waals surface area contributed by atoms with E-state index in [2.05, 4.69) is 0 Å². The molecule has 0 aliphatic heterocycles. The molecule has 0 aromatic carbocycles. The van der Waals surface area contributed by atoms with E-state index in [1.165, 1.54) is 0 Å². The van der Waals surface area contributed by atoms with Crippen molar-refractivity contribution < 1.29 is 19.8 Å². The van der Waals surface area contributed by atoms with Gasteiger partial charge in [0.15, 0.2) is 0 Å². The number of carboxylic acids is 1. The maximum absolute atomic E-state index is 10.7. The van der Waals surface area contributed by atoms with Crippen molar-refractivity contribution in [3.8, 4) is 0 Å². The number of hydrogen-bond acceptors (Lipinski definition) is 4. The fraction of sp³-hybridized carbons (Fsp3) is 0.778. The van der Waals surface area contributed by atoms with Crippen LogP contribution >= 0.6 is 0 Å². The van der Waals surface area contributed by atoms with Crippen molar-refractivity contribution in [2.45, 2.75) is 38.3 Å². The van der Waals surface area contributed by atoms with E-state index < -0.39 is 12.1 Å². The average molecular weight is 218 g/mol. The first-order valence-corrected chi connectivity index (χ1v) is 4.77. The number of hydrogen-bond donors (Lipinski definition) is 4. The molecular weight excluding hydrogens is 200 g/mol. The molecule has 0 spiro atoms. The second kappa shape index (κ2) is 6.36. The van der Waals surface area contributed by atoms with Crippen molar-refractivity contribution in [1.82, 2.24) is 0 Å². The number of nitrogens with two attached hydrogens (primary N) is 2. The number of rotatable bonds is 1. The average Bonchev–Trinajstić information content (AvgIpc) is 2.08. The first-order chi connectivity index (χ1) is 6.84. The highest BCUT2D eigenvalue weighted by Crippen LogP contribution is 2.22. The summed E-state index contributed by atoms with van der Waals surface area (Å²) in [5, 5.41) is 16.7. The molecule has 0 aromatic rings. The molecule has 0 bridgehead atoms. The van der Waals surface area contributed by atoms with Gasteiger partial charge in [-0.05, 0) is 19.3 Å². The third-order valence-electron chi connectivity index (χ3n) is 2.27. The molecule has 3 atom stereocenters. The molecule has 1 fully saturated rings. The van der Waals surface area contributed by atoms with Crippen LogP contribution in [-0.4, -0.2) is 34.2 Å². The smallest absolute Gasteiger partial charge is 0.300 e. The van der Waals surface area contributed by atoms with Gasteiger partial charge in [-0.3, -0.25) is 9.59 Å². The fourth-order valence-electron chi connectivity index (χ4n) is 1.43. The molecule has 1 rings (SSSR count). The largest absolute Gasteiger partial charge is 0.481 e. The predicted molar refractivity (Wildman–Crippen MR) is 53.8 cm³/mol. The van der Waals surface area contributed by atoms with Gasteiger partial charge < -0.3 is 21.7 Å². The van der Waals surface area contributed by atoms with E-state index in [4.69, 9.17) is 21.4 Å². The van der Waals surface area contributed by atoms with Crippen LogP contribution in [0.3, 0.4) is 0 Å². The van der Waals surface area contributed by atoms with Crippen LogP contribution in [0.5, 0.6) is 0 Å². The zero-order chi connectivity index (χ0) is 12.0. The lowest BCUT2D eigenvalue weighted by Crippen LogP contribution is -2.43. The third kappa shape index (κ3) is 6.03. The maximum atomic E-state index is 10.7. The third-order valence-corrected chi connectivity index (χ3v) is 2.27. The monoisotopic (exact) mass is 218 g/mol. The quantitative estimate of drug-likeness (QED) is 0.451. The van der Waals surface area contributed by atoms with Gasteiger partial charge in [-0.2, -0.15) is 0 Å². The first kappa shape index (κ1) is 13.9. The summed E-state index contributed by atoms with van der Waals surface area (Å²) in [5.41, 5.74) is 10.6. The summed E-state index contributed by atoms with van der Waals surface area (Å²) in [6.45, 7) is 1.08. The minimum atomic E-state index is -0.833. The normalized spacial score (nSPS) is 29.9. The minimum Gasteiger partial charge on any atom is -0.481 e. The molecule has 6 nitrogen and oxygen atoms in total. The van der Waals surface area contributed by atoms with Gasteiger partial charge in [0.05, 0.1) is 6.10 Å². The van der Waals surface area contributed by atoms with Crippen molar-refractivity contribution in [3.05, 3.63) is 0 Å². The molecule has 0 radical (unpaired) electrons. The van der Waals surface area contributed by atoms with Crippen molar-refractivity contribution in [2.24, 2.45) is 17.4 Å². The Morgan fingerprint density at radius 2 is 1.80 bits per heavy atom. The van der Waals surface area contributed by atoms with Gasteiger partial charge in [-0.1, -0.05) is 0 Å². The number of primary amides is 1. The maximum Gasteiger partial charge on any atom is 0.300 e. The number of carbonyl (C=O) groups is 2. The van der Waals surface area contributed by atoms with Gasteiger partial charge in [0.25, 0.3) is 5.97 Å². The van der Waals surface area contributed by atoms with Crippen LogP contribution in [0.1, 0.15) is 26.2 Å².